The highest BCUT2D eigenvalue weighted by molar-refractivity contribution is 7.98. The van der Waals surface area contributed by atoms with Crippen LogP contribution in [0.1, 0.15) is 53.1 Å². The molecule has 0 N–H and O–H groups in total. The molecule has 1 atom stereocenters. The van der Waals surface area contributed by atoms with Crippen molar-refractivity contribution in [3.63, 3.8) is 0 Å². The molecule has 1 aromatic carbocycles. The zero-order valence-corrected chi connectivity index (χ0v) is 17.4. The van der Waals surface area contributed by atoms with E-state index in [4.69, 9.17) is 4.74 Å². The molecule has 0 aliphatic heterocycles. The third-order valence-electron chi connectivity index (χ3n) is 4.49. The molecule has 144 valence electrons. The standard InChI is InChI=1S/C21H26N2O3S/c1-6-16-7-9-17(10-8-16)20(25)15(4)26-19(24)12-11-18-13(2)22-21(27-5)23-14(18)3/h7-10,15H,6,11-12H2,1-5H3/t15-/m1/s1. The monoisotopic (exact) mass is 386 g/mol. The second kappa shape index (κ2) is 9.65. The molecular formula is C21H26N2O3S. The fraction of sp³-hybridized carbons (Fsp3) is 0.429. The number of hydrogen-bond donors (Lipinski definition) is 0. The number of thioether (sulfide) groups is 1. The number of carbonyl (C=O) groups is 2. The Morgan fingerprint density at radius 2 is 1.70 bits per heavy atom. The number of aryl methyl sites for hydroxylation is 3. The first-order valence-electron chi connectivity index (χ1n) is 9.06. The molecule has 0 fully saturated rings. The summed E-state index contributed by atoms with van der Waals surface area (Å²) in [5, 5.41) is 0.727. The van der Waals surface area contributed by atoms with Gasteiger partial charge < -0.3 is 4.74 Å². The van der Waals surface area contributed by atoms with Gasteiger partial charge in [-0.15, -0.1) is 0 Å². The minimum Gasteiger partial charge on any atom is -0.454 e. The Balaban J connectivity index is 1.94. The van der Waals surface area contributed by atoms with Crippen molar-refractivity contribution in [1.82, 2.24) is 9.97 Å². The largest absolute Gasteiger partial charge is 0.454 e. The first-order chi connectivity index (χ1) is 12.8. The third kappa shape index (κ3) is 5.63. The van der Waals surface area contributed by atoms with E-state index < -0.39 is 12.1 Å². The Morgan fingerprint density at radius 1 is 1.11 bits per heavy atom. The van der Waals surface area contributed by atoms with Crippen LogP contribution >= 0.6 is 11.8 Å². The Morgan fingerprint density at radius 3 is 2.22 bits per heavy atom. The second-order valence-corrected chi connectivity index (χ2v) is 7.18. The maximum Gasteiger partial charge on any atom is 0.306 e. The number of Topliss-reactive ketones (excluding diaryl/α,β-unsaturated/α-hetero) is 1. The van der Waals surface area contributed by atoms with Gasteiger partial charge in [0.05, 0.1) is 0 Å². The summed E-state index contributed by atoms with van der Waals surface area (Å²) in [6.45, 7) is 7.51. The fourth-order valence-electron chi connectivity index (χ4n) is 2.84. The summed E-state index contributed by atoms with van der Waals surface area (Å²) < 4.78 is 5.34. The van der Waals surface area contributed by atoms with E-state index in [0.29, 0.717) is 12.0 Å². The van der Waals surface area contributed by atoms with E-state index in [-0.39, 0.29) is 12.2 Å². The van der Waals surface area contributed by atoms with Gasteiger partial charge in [-0.05, 0) is 51.0 Å². The average molecular weight is 387 g/mol. The SMILES string of the molecule is CCc1ccc(C(=O)[C@@H](C)OC(=O)CCc2c(C)nc(SC)nc2C)cc1. The van der Waals surface area contributed by atoms with Gasteiger partial charge in [0.1, 0.15) is 0 Å². The number of carbonyl (C=O) groups excluding carboxylic acids is 2. The topological polar surface area (TPSA) is 69.2 Å². The van der Waals surface area contributed by atoms with Crippen molar-refractivity contribution in [2.75, 3.05) is 6.26 Å². The molecule has 0 radical (unpaired) electrons. The lowest BCUT2D eigenvalue weighted by molar-refractivity contribution is -0.146. The minimum atomic E-state index is -0.803. The van der Waals surface area contributed by atoms with Gasteiger partial charge in [-0.2, -0.15) is 0 Å². The molecule has 27 heavy (non-hydrogen) atoms. The van der Waals surface area contributed by atoms with E-state index >= 15 is 0 Å². The van der Waals surface area contributed by atoms with E-state index in [0.717, 1.165) is 34.1 Å². The number of rotatable bonds is 8. The summed E-state index contributed by atoms with van der Waals surface area (Å²) in [4.78, 5) is 33.5. The normalized spacial score (nSPS) is 11.9. The predicted molar refractivity (Wildman–Crippen MR) is 107 cm³/mol. The van der Waals surface area contributed by atoms with Crippen LogP contribution in [0.2, 0.25) is 0 Å². The van der Waals surface area contributed by atoms with Crippen LogP contribution in [0.15, 0.2) is 29.4 Å². The van der Waals surface area contributed by atoms with Crippen LogP contribution in [0.5, 0.6) is 0 Å². The Hall–Kier alpha value is -2.21. The number of ether oxygens (including phenoxy) is 1. The molecule has 2 rings (SSSR count). The lowest BCUT2D eigenvalue weighted by atomic mass is 10.0. The zero-order valence-electron chi connectivity index (χ0n) is 16.5. The van der Waals surface area contributed by atoms with Gasteiger partial charge in [0.25, 0.3) is 0 Å². The molecule has 1 heterocycles. The van der Waals surface area contributed by atoms with Crippen LogP contribution in [0.4, 0.5) is 0 Å². The van der Waals surface area contributed by atoms with Crippen LogP contribution in [0, 0.1) is 13.8 Å². The second-order valence-electron chi connectivity index (χ2n) is 6.41. The lowest BCUT2D eigenvalue weighted by Crippen LogP contribution is -2.24. The number of aromatic nitrogens is 2. The Labute approximate surface area is 165 Å². The van der Waals surface area contributed by atoms with Gasteiger partial charge >= 0.3 is 5.97 Å². The van der Waals surface area contributed by atoms with Crippen LogP contribution < -0.4 is 0 Å². The van der Waals surface area contributed by atoms with Gasteiger partial charge in [0.15, 0.2) is 11.3 Å². The summed E-state index contributed by atoms with van der Waals surface area (Å²) in [5.74, 6) is -0.584. The van der Waals surface area contributed by atoms with Crippen molar-refractivity contribution in [3.05, 3.63) is 52.3 Å². The molecule has 0 bridgehead atoms. The smallest absolute Gasteiger partial charge is 0.306 e. The maximum atomic E-state index is 12.4. The highest BCUT2D eigenvalue weighted by Crippen LogP contribution is 2.18. The summed E-state index contributed by atoms with van der Waals surface area (Å²) >= 11 is 1.49. The predicted octanol–water partition coefficient (Wildman–Crippen LogP) is 4.12. The van der Waals surface area contributed by atoms with Crippen molar-refractivity contribution in [2.24, 2.45) is 0 Å². The van der Waals surface area contributed by atoms with Crippen molar-refractivity contribution in [1.29, 1.82) is 0 Å². The van der Waals surface area contributed by atoms with Crippen LogP contribution in [0.25, 0.3) is 0 Å². The molecule has 0 saturated heterocycles. The maximum absolute atomic E-state index is 12.4. The van der Waals surface area contributed by atoms with Gasteiger partial charge in [-0.1, -0.05) is 43.0 Å². The lowest BCUT2D eigenvalue weighted by Gasteiger charge is -2.14. The average Bonchev–Trinajstić information content (AvgIpc) is 2.66. The minimum absolute atomic E-state index is 0.189. The molecule has 0 unspecified atom stereocenters. The zero-order chi connectivity index (χ0) is 20.0. The highest BCUT2D eigenvalue weighted by Gasteiger charge is 2.20. The van der Waals surface area contributed by atoms with Gasteiger partial charge in [-0.25, -0.2) is 9.97 Å². The van der Waals surface area contributed by atoms with E-state index in [1.165, 1.54) is 11.8 Å². The number of ketones is 1. The first-order valence-corrected chi connectivity index (χ1v) is 10.3. The van der Waals surface area contributed by atoms with Crippen LogP contribution in [-0.2, 0) is 22.4 Å². The molecule has 5 nitrogen and oxygen atoms in total. The van der Waals surface area contributed by atoms with Gasteiger partial charge in [-0.3, -0.25) is 9.59 Å². The van der Waals surface area contributed by atoms with E-state index in [9.17, 15) is 9.59 Å². The number of esters is 1. The Kier molecular flexibility index (Phi) is 7.54. The fourth-order valence-corrected chi connectivity index (χ4v) is 3.29. The molecule has 0 amide bonds. The molecule has 1 aromatic heterocycles. The van der Waals surface area contributed by atoms with Gasteiger partial charge in [0.2, 0.25) is 5.78 Å². The van der Waals surface area contributed by atoms with E-state index in [1.807, 2.05) is 32.2 Å². The number of benzene rings is 1. The summed E-state index contributed by atoms with van der Waals surface area (Å²) in [7, 11) is 0. The van der Waals surface area contributed by atoms with Gasteiger partial charge in [0, 0.05) is 23.4 Å². The Bertz CT molecular complexity index is 796. The molecule has 6 heteroatoms. The molecule has 0 spiro atoms. The van der Waals surface area contributed by atoms with Crippen LogP contribution in [-0.4, -0.2) is 34.1 Å². The third-order valence-corrected chi connectivity index (χ3v) is 5.03. The molecule has 0 aliphatic carbocycles. The highest BCUT2D eigenvalue weighted by atomic mass is 32.2. The molecule has 0 aliphatic rings. The quantitative estimate of drug-likeness (QED) is 0.294. The van der Waals surface area contributed by atoms with Crippen LogP contribution in [0.3, 0.4) is 0 Å². The van der Waals surface area contributed by atoms with Crippen molar-refractivity contribution >= 4 is 23.5 Å². The number of hydrogen-bond acceptors (Lipinski definition) is 6. The first kappa shape index (κ1) is 21.1. The summed E-state index contributed by atoms with van der Waals surface area (Å²) in [6, 6.07) is 7.41. The van der Waals surface area contributed by atoms with E-state index in [2.05, 4.69) is 16.9 Å². The van der Waals surface area contributed by atoms with Crippen molar-refractivity contribution in [2.45, 2.75) is 58.2 Å². The van der Waals surface area contributed by atoms with Crippen molar-refractivity contribution in [3.8, 4) is 0 Å². The molecular weight excluding hydrogens is 360 g/mol. The number of nitrogens with zero attached hydrogens (tertiary/aromatic N) is 2. The summed E-state index contributed by atoms with van der Waals surface area (Å²) in [6.07, 6.45) is 2.73. The van der Waals surface area contributed by atoms with E-state index in [1.54, 1.807) is 19.1 Å². The van der Waals surface area contributed by atoms with Crippen molar-refractivity contribution < 1.29 is 14.3 Å². The summed E-state index contributed by atoms with van der Waals surface area (Å²) in [5.41, 5.74) is 4.43. The molecule has 2 aromatic rings. The molecule has 0 saturated carbocycles.